The summed E-state index contributed by atoms with van der Waals surface area (Å²) in [5.74, 6) is -0.645. The average molecular weight is 461 g/mol. The van der Waals surface area contributed by atoms with Gasteiger partial charge in [-0.25, -0.2) is 4.39 Å². The minimum absolute atomic E-state index is 0.104. The Morgan fingerprint density at radius 2 is 2.00 bits per heavy atom. The molecular weight excluding hydrogens is 448 g/mol. The Balaban J connectivity index is 1.80. The summed E-state index contributed by atoms with van der Waals surface area (Å²) in [4.78, 5) is 12.4. The summed E-state index contributed by atoms with van der Waals surface area (Å²) in [5, 5.41) is 11.5. The van der Waals surface area contributed by atoms with E-state index in [9.17, 15) is 9.18 Å². The van der Waals surface area contributed by atoms with Gasteiger partial charge in [0, 0.05) is 29.5 Å². The van der Waals surface area contributed by atoms with Crippen molar-refractivity contribution in [1.29, 1.82) is 0 Å². The number of anilines is 1. The Hall–Kier alpha value is -1.90. The van der Waals surface area contributed by atoms with Crippen LogP contribution in [0.3, 0.4) is 0 Å². The third kappa shape index (κ3) is 3.92. The molecule has 0 spiro atoms. The molecule has 26 heavy (non-hydrogen) atoms. The first-order valence-corrected chi connectivity index (χ1v) is 9.14. The molecule has 0 radical (unpaired) electrons. The molecule has 0 unspecified atom stereocenters. The van der Waals surface area contributed by atoms with Gasteiger partial charge in [0.15, 0.2) is 11.5 Å². The molecule has 0 aliphatic heterocycles. The van der Waals surface area contributed by atoms with Crippen molar-refractivity contribution in [2.45, 2.75) is 20.0 Å². The summed E-state index contributed by atoms with van der Waals surface area (Å²) in [7, 11) is 0. The van der Waals surface area contributed by atoms with Gasteiger partial charge in [0.05, 0.1) is 16.0 Å². The maximum atomic E-state index is 13.9. The molecule has 1 amide bonds. The van der Waals surface area contributed by atoms with Gasteiger partial charge in [-0.2, -0.15) is 10.2 Å². The predicted molar refractivity (Wildman–Crippen MR) is 101 cm³/mol. The van der Waals surface area contributed by atoms with Gasteiger partial charge in [0.25, 0.3) is 5.91 Å². The Kier molecular flexibility index (Phi) is 5.64. The molecule has 0 aliphatic rings. The number of carbonyl (C=O) groups is 1. The molecule has 1 N–H and O–H groups in total. The smallest absolute Gasteiger partial charge is 0.278 e. The van der Waals surface area contributed by atoms with Crippen LogP contribution in [-0.4, -0.2) is 25.5 Å². The van der Waals surface area contributed by atoms with Crippen LogP contribution in [0.1, 0.15) is 23.0 Å². The fourth-order valence-electron chi connectivity index (χ4n) is 2.29. The quantitative estimate of drug-likeness (QED) is 0.604. The van der Waals surface area contributed by atoms with E-state index in [2.05, 4.69) is 31.4 Å². The van der Waals surface area contributed by atoms with Crippen LogP contribution in [0.15, 0.2) is 35.1 Å². The summed E-state index contributed by atoms with van der Waals surface area (Å²) in [6.45, 7) is 2.59. The van der Waals surface area contributed by atoms with E-state index in [1.54, 1.807) is 23.1 Å². The third-order valence-electron chi connectivity index (χ3n) is 3.59. The maximum Gasteiger partial charge on any atom is 0.278 e. The van der Waals surface area contributed by atoms with Gasteiger partial charge in [-0.05, 0) is 35.0 Å². The summed E-state index contributed by atoms with van der Waals surface area (Å²) < 4.78 is 17.5. The van der Waals surface area contributed by atoms with Crippen LogP contribution < -0.4 is 5.32 Å². The first-order chi connectivity index (χ1) is 12.4. The molecule has 1 aromatic carbocycles. The van der Waals surface area contributed by atoms with E-state index in [0.717, 1.165) is 0 Å². The van der Waals surface area contributed by atoms with Crippen molar-refractivity contribution >= 4 is 50.9 Å². The number of benzene rings is 1. The minimum Gasteiger partial charge on any atom is -0.303 e. The van der Waals surface area contributed by atoms with Gasteiger partial charge in [0.2, 0.25) is 0 Å². The van der Waals surface area contributed by atoms with Crippen molar-refractivity contribution in [3.05, 3.63) is 62.2 Å². The number of nitrogens with one attached hydrogen (secondary N) is 1. The summed E-state index contributed by atoms with van der Waals surface area (Å²) in [6, 6.07) is 4.47. The molecule has 6 nitrogen and oxygen atoms in total. The number of nitrogens with zero attached hydrogens (tertiary/aromatic N) is 4. The van der Waals surface area contributed by atoms with E-state index < -0.39 is 11.7 Å². The van der Waals surface area contributed by atoms with Crippen LogP contribution in [-0.2, 0) is 13.1 Å². The highest BCUT2D eigenvalue weighted by atomic mass is 79.9. The molecular formula is C16H13BrCl2FN5O. The number of carbonyl (C=O) groups excluding carboxylic acids is 1. The van der Waals surface area contributed by atoms with E-state index in [-0.39, 0.29) is 23.1 Å². The van der Waals surface area contributed by atoms with Crippen molar-refractivity contribution in [3.63, 3.8) is 0 Å². The Bertz CT molecular complexity index is 951. The van der Waals surface area contributed by atoms with Crippen molar-refractivity contribution in [1.82, 2.24) is 19.6 Å². The van der Waals surface area contributed by atoms with Gasteiger partial charge < -0.3 is 5.32 Å². The van der Waals surface area contributed by atoms with Crippen LogP contribution in [0.5, 0.6) is 0 Å². The van der Waals surface area contributed by atoms with E-state index in [1.165, 1.54) is 16.8 Å². The zero-order valence-corrected chi connectivity index (χ0v) is 16.6. The van der Waals surface area contributed by atoms with Crippen LogP contribution in [0, 0.1) is 5.82 Å². The van der Waals surface area contributed by atoms with Gasteiger partial charge in [-0.15, -0.1) is 0 Å². The van der Waals surface area contributed by atoms with Crippen LogP contribution >= 0.6 is 39.1 Å². The van der Waals surface area contributed by atoms with Crippen LogP contribution in [0.4, 0.5) is 10.2 Å². The largest absolute Gasteiger partial charge is 0.303 e. The number of aryl methyl sites for hydroxylation is 1. The van der Waals surface area contributed by atoms with Gasteiger partial charge in [-0.1, -0.05) is 29.3 Å². The summed E-state index contributed by atoms with van der Waals surface area (Å²) >= 11 is 15.4. The molecule has 0 saturated heterocycles. The van der Waals surface area contributed by atoms with Gasteiger partial charge in [-0.3, -0.25) is 14.2 Å². The van der Waals surface area contributed by atoms with Gasteiger partial charge >= 0.3 is 0 Å². The number of halogens is 4. The molecule has 0 atom stereocenters. The second kappa shape index (κ2) is 7.77. The molecule has 10 heteroatoms. The summed E-state index contributed by atoms with van der Waals surface area (Å²) in [6.07, 6.45) is 3.19. The molecule has 0 bridgehead atoms. The van der Waals surface area contributed by atoms with Crippen molar-refractivity contribution in [2.24, 2.45) is 0 Å². The lowest BCUT2D eigenvalue weighted by atomic mass is 10.2. The Morgan fingerprint density at radius 1 is 1.23 bits per heavy atom. The fourth-order valence-corrected chi connectivity index (χ4v) is 3.16. The normalized spacial score (nSPS) is 11.0. The second-order valence-electron chi connectivity index (χ2n) is 5.36. The standard InChI is InChI=1S/C16H13BrCl2FN5O/c1-2-24-8-12(19)14(22-24)16(26)21-15-10(17)7-25(23-15)6-9-11(18)4-3-5-13(9)20/h3-5,7-8H,2,6H2,1H3,(H,21,23,26). The molecule has 3 rings (SSSR count). The lowest BCUT2D eigenvalue weighted by molar-refractivity contribution is 0.102. The predicted octanol–water partition coefficient (Wildman–Crippen LogP) is 4.61. The van der Waals surface area contributed by atoms with E-state index in [1.807, 2.05) is 6.92 Å². The van der Waals surface area contributed by atoms with Gasteiger partial charge in [0.1, 0.15) is 5.82 Å². The fraction of sp³-hybridized carbons (Fsp3) is 0.188. The van der Waals surface area contributed by atoms with Crippen molar-refractivity contribution < 1.29 is 9.18 Å². The van der Waals surface area contributed by atoms with Crippen LogP contribution in [0.2, 0.25) is 10.0 Å². The lowest BCUT2D eigenvalue weighted by Crippen LogP contribution is -2.15. The topological polar surface area (TPSA) is 64.7 Å². The molecule has 0 fully saturated rings. The van der Waals surface area contributed by atoms with Crippen LogP contribution in [0.25, 0.3) is 0 Å². The van der Waals surface area contributed by atoms with E-state index in [0.29, 0.717) is 21.6 Å². The van der Waals surface area contributed by atoms with E-state index >= 15 is 0 Å². The van der Waals surface area contributed by atoms with Crippen molar-refractivity contribution in [2.75, 3.05) is 5.32 Å². The highest BCUT2D eigenvalue weighted by Gasteiger charge is 2.19. The number of hydrogen-bond acceptors (Lipinski definition) is 3. The average Bonchev–Trinajstić information content (AvgIpc) is 3.14. The highest BCUT2D eigenvalue weighted by Crippen LogP contribution is 2.25. The zero-order valence-electron chi connectivity index (χ0n) is 13.5. The molecule has 0 saturated carbocycles. The SMILES string of the molecule is CCn1cc(Cl)c(C(=O)Nc2nn(Cc3c(F)cccc3Cl)cc2Br)n1. The van der Waals surface area contributed by atoms with E-state index in [4.69, 9.17) is 23.2 Å². The molecule has 2 heterocycles. The second-order valence-corrected chi connectivity index (χ2v) is 7.03. The lowest BCUT2D eigenvalue weighted by Gasteiger charge is -2.06. The maximum absolute atomic E-state index is 13.9. The zero-order chi connectivity index (χ0) is 18.8. The molecule has 2 aromatic heterocycles. The number of amides is 1. The molecule has 3 aromatic rings. The first kappa shape index (κ1) is 18.9. The monoisotopic (exact) mass is 459 g/mol. The first-order valence-electron chi connectivity index (χ1n) is 7.59. The minimum atomic E-state index is -0.489. The highest BCUT2D eigenvalue weighted by molar-refractivity contribution is 9.10. The number of hydrogen-bond donors (Lipinski definition) is 1. The number of aromatic nitrogens is 4. The summed E-state index contributed by atoms with van der Waals surface area (Å²) in [5.41, 5.74) is 0.416. The third-order valence-corrected chi connectivity index (χ3v) is 4.80. The van der Waals surface area contributed by atoms with Crippen molar-refractivity contribution in [3.8, 4) is 0 Å². The molecule has 0 aliphatic carbocycles. The Labute approximate surface area is 167 Å². The number of rotatable bonds is 5. The Morgan fingerprint density at radius 3 is 2.65 bits per heavy atom. The molecule has 136 valence electrons.